The van der Waals surface area contributed by atoms with Crippen molar-refractivity contribution >= 4 is 21.6 Å². The first-order valence-electron chi connectivity index (χ1n) is 5.23. The van der Waals surface area contributed by atoms with E-state index in [0.29, 0.717) is 6.61 Å². The highest BCUT2D eigenvalue weighted by molar-refractivity contribution is 7.18. The highest BCUT2D eigenvalue weighted by atomic mass is 32.1. The largest absolute Gasteiger partial charge is 0.489 e. The maximum Gasteiger partial charge on any atom is 0.146 e. The van der Waals surface area contributed by atoms with E-state index in [-0.39, 0.29) is 5.54 Å². The molecule has 0 radical (unpaired) electrons. The van der Waals surface area contributed by atoms with Crippen molar-refractivity contribution in [2.45, 2.75) is 26.3 Å². The van der Waals surface area contributed by atoms with E-state index in [1.807, 2.05) is 32.9 Å². The lowest BCUT2D eigenvalue weighted by Crippen LogP contribution is -2.38. The highest BCUT2D eigenvalue weighted by Crippen LogP contribution is 2.29. The minimum Gasteiger partial charge on any atom is -0.489 e. The van der Waals surface area contributed by atoms with E-state index in [1.165, 1.54) is 0 Å². The van der Waals surface area contributed by atoms with Crippen molar-refractivity contribution in [2.75, 3.05) is 6.61 Å². The maximum absolute atomic E-state index is 5.89. The Bertz CT molecular complexity index is 499. The lowest BCUT2D eigenvalue weighted by atomic mass is 10.1. The van der Waals surface area contributed by atoms with Crippen molar-refractivity contribution in [1.82, 2.24) is 4.98 Å². The van der Waals surface area contributed by atoms with Gasteiger partial charge in [0.2, 0.25) is 0 Å². The Balaban J connectivity index is 2.30. The van der Waals surface area contributed by atoms with Crippen LogP contribution >= 0.6 is 11.3 Å². The molecule has 0 saturated heterocycles. The number of nitrogens with two attached hydrogens (primary N) is 1. The predicted molar refractivity (Wildman–Crippen MR) is 68.1 cm³/mol. The van der Waals surface area contributed by atoms with Crippen molar-refractivity contribution in [3.8, 4) is 5.75 Å². The van der Waals surface area contributed by atoms with Crippen LogP contribution in [0.5, 0.6) is 5.75 Å². The van der Waals surface area contributed by atoms with Crippen molar-refractivity contribution in [3.05, 3.63) is 23.2 Å². The molecule has 0 atom stereocenters. The van der Waals surface area contributed by atoms with Crippen molar-refractivity contribution < 1.29 is 4.74 Å². The molecule has 3 nitrogen and oxygen atoms in total. The summed E-state index contributed by atoms with van der Waals surface area (Å²) in [6.45, 7) is 6.38. The fourth-order valence-corrected chi connectivity index (χ4v) is 2.26. The average molecular weight is 236 g/mol. The number of rotatable bonds is 3. The molecule has 0 aliphatic rings. The molecular formula is C12H16N2OS. The summed E-state index contributed by atoms with van der Waals surface area (Å²) in [5, 5.41) is 1.05. The molecule has 2 rings (SSSR count). The van der Waals surface area contributed by atoms with Gasteiger partial charge in [0.25, 0.3) is 0 Å². The van der Waals surface area contributed by atoms with Gasteiger partial charge in [-0.25, -0.2) is 4.98 Å². The van der Waals surface area contributed by atoms with Gasteiger partial charge in [-0.15, -0.1) is 11.3 Å². The first kappa shape index (κ1) is 11.4. The normalized spacial score (nSPS) is 12.0. The number of nitrogens with zero attached hydrogens (tertiary/aromatic N) is 1. The quantitative estimate of drug-likeness (QED) is 0.891. The summed E-state index contributed by atoms with van der Waals surface area (Å²) in [7, 11) is 0. The number of aromatic nitrogens is 1. The minimum atomic E-state index is -0.326. The van der Waals surface area contributed by atoms with Gasteiger partial charge in [-0.2, -0.15) is 0 Å². The number of benzene rings is 1. The van der Waals surface area contributed by atoms with Gasteiger partial charge in [0.1, 0.15) is 17.9 Å². The molecule has 0 unspecified atom stereocenters. The Morgan fingerprint density at radius 1 is 1.44 bits per heavy atom. The van der Waals surface area contributed by atoms with Crippen LogP contribution in [0.1, 0.15) is 18.9 Å². The molecule has 4 heteroatoms. The molecule has 86 valence electrons. The van der Waals surface area contributed by atoms with Crippen LogP contribution in [0.2, 0.25) is 0 Å². The van der Waals surface area contributed by atoms with Crippen LogP contribution < -0.4 is 10.5 Å². The molecule has 0 spiro atoms. The first-order valence-corrected chi connectivity index (χ1v) is 6.05. The summed E-state index contributed by atoms with van der Waals surface area (Å²) in [5.74, 6) is 0.820. The van der Waals surface area contributed by atoms with Gasteiger partial charge >= 0.3 is 0 Å². The summed E-state index contributed by atoms with van der Waals surface area (Å²) >= 11 is 1.68. The number of para-hydroxylation sites is 1. The number of ether oxygens (including phenoxy) is 1. The van der Waals surface area contributed by atoms with Gasteiger partial charge < -0.3 is 10.5 Å². The third-order valence-corrected chi connectivity index (χ3v) is 3.02. The Morgan fingerprint density at radius 2 is 2.19 bits per heavy atom. The Kier molecular flexibility index (Phi) is 2.86. The first-order chi connectivity index (χ1) is 7.46. The summed E-state index contributed by atoms with van der Waals surface area (Å²) in [4.78, 5) is 4.47. The molecule has 16 heavy (non-hydrogen) atoms. The molecule has 0 aliphatic heterocycles. The van der Waals surface area contributed by atoms with Crippen LogP contribution in [0, 0.1) is 6.92 Å². The molecule has 0 bridgehead atoms. The average Bonchev–Trinajstić information content (AvgIpc) is 2.54. The molecule has 1 aromatic heterocycles. The van der Waals surface area contributed by atoms with Gasteiger partial charge in [-0.3, -0.25) is 0 Å². The second kappa shape index (κ2) is 4.03. The summed E-state index contributed by atoms with van der Waals surface area (Å²) in [5.41, 5.74) is 6.50. The zero-order chi connectivity index (χ0) is 11.8. The van der Waals surface area contributed by atoms with E-state index in [1.54, 1.807) is 11.3 Å². The minimum absolute atomic E-state index is 0.326. The SMILES string of the molecule is Cc1nc2c(OCC(C)(C)N)cccc2s1. The standard InChI is InChI=1S/C12H16N2OS/c1-8-14-11-9(15-7-12(2,3)13)5-4-6-10(11)16-8/h4-6H,7,13H2,1-3H3. The van der Waals surface area contributed by atoms with Gasteiger partial charge in [0, 0.05) is 5.54 Å². The fraction of sp³-hybridized carbons (Fsp3) is 0.417. The molecule has 0 amide bonds. The number of aryl methyl sites for hydroxylation is 1. The van der Waals surface area contributed by atoms with Crippen molar-refractivity contribution in [2.24, 2.45) is 5.73 Å². The van der Waals surface area contributed by atoms with Crippen LogP contribution in [0.25, 0.3) is 10.2 Å². The monoisotopic (exact) mass is 236 g/mol. The van der Waals surface area contributed by atoms with Crippen LogP contribution in [-0.4, -0.2) is 17.1 Å². The van der Waals surface area contributed by atoms with E-state index < -0.39 is 0 Å². The number of hydrogen-bond donors (Lipinski definition) is 1. The van der Waals surface area contributed by atoms with Crippen LogP contribution in [0.15, 0.2) is 18.2 Å². The summed E-state index contributed by atoms with van der Waals surface area (Å²) in [6.07, 6.45) is 0. The number of fused-ring (bicyclic) bond motifs is 1. The van der Waals surface area contributed by atoms with E-state index in [0.717, 1.165) is 21.0 Å². The molecule has 1 aromatic carbocycles. The van der Waals surface area contributed by atoms with Gasteiger partial charge in [0.05, 0.1) is 9.71 Å². The Labute approximate surface area is 99.3 Å². The molecule has 0 saturated carbocycles. The summed E-state index contributed by atoms with van der Waals surface area (Å²) < 4.78 is 6.87. The summed E-state index contributed by atoms with van der Waals surface area (Å²) in [6, 6.07) is 5.98. The van der Waals surface area contributed by atoms with Crippen LogP contribution in [-0.2, 0) is 0 Å². The van der Waals surface area contributed by atoms with Crippen molar-refractivity contribution in [1.29, 1.82) is 0 Å². The second-order valence-corrected chi connectivity index (χ2v) is 5.85. The zero-order valence-electron chi connectivity index (χ0n) is 9.78. The molecular weight excluding hydrogens is 220 g/mol. The molecule has 0 aliphatic carbocycles. The van der Waals surface area contributed by atoms with Gasteiger partial charge in [0.15, 0.2) is 0 Å². The lowest BCUT2D eigenvalue weighted by molar-refractivity contribution is 0.245. The second-order valence-electron chi connectivity index (χ2n) is 4.61. The maximum atomic E-state index is 5.89. The molecule has 2 aromatic rings. The van der Waals surface area contributed by atoms with E-state index >= 15 is 0 Å². The number of thiazole rings is 1. The lowest BCUT2D eigenvalue weighted by Gasteiger charge is -2.19. The van der Waals surface area contributed by atoms with Gasteiger partial charge in [-0.05, 0) is 32.9 Å². The van der Waals surface area contributed by atoms with E-state index in [2.05, 4.69) is 11.1 Å². The molecule has 1 heterocycles. The number of hydrogen-bond acceptors (Lipinski definition) is 4. The third-order valence-electron chi connectivity index (χ3n) is 2.09. The van der Waals surface area contributed by atoms with Gasteiger partial charge in [-0.1, -0.05) is 6.07 Å². The fourth-order valence-electron chi connectivity index (χ4n) is 1.41. The highest BCUT2D eigenvalue weighted by Gasteiger charge is 2.13. The van der Waals surface area contributed by atoms with Crippen LogP contribution in [0.4, 0.5) is 0 Å². The smallest absolute Gasteiger partial charge is 0.146 e. The van der Waals surface area contributed by atoms with Crippen molar-refractivity contribution in [3.63, 3.8) is 0 Å². The molecule has 0 fully saturated rings. The topological polar surface area (TPSA) is 48.1 Å². The Hall–Kier alpha value is -1.13. The Morgan fingerprint density at radius 3 is 2.88 bits per heavy atom. The predicted octanol–water partition coefficient (Wildman–Crippen LogP) is 2.72. The molecule has 2 N–H and O–H groups in total. The third kappa shape index (κ3) is 2.51. The van der Waals surface area contributed by atoms with Crippen LogP contribution in [0.3, 0.4) is 0 Å². The van der Waals surface area contributed by atoms with E-state index in [9.17, 15) is 0 Å². The van der Waals surface area contributed by atoms with E-state index in [4.69, 9.17) is 10.5 Å². The zero-order valence-corrected chi connectivity index (χ0v) is 10.6.